The van der Waals surface area contributed by atoms with Crippen molar-refractivity contribution in [2.24, 2.45) is 0 Å². The summed E-state index contributed by atoms with van der Waals surface area (Å²) in [6.07, 6.45) is 3.78. The molecule has 0 aliphatic heterocycles. The van der Waals surface area contributed by atoms with Crippen LogP contribution in [0.3, 0.4) is 0 Å². The number of rotatable bonds is 4. The maximum Gasteiger partial charge on any atom is 0.234 e. The van der Waals surface area contributed by atoms with Crippen molar-refractivity contribution in [1.29, 1.82) is 0 Å². The predicted octanol–water partition coefficient (Wildman–Crippen LogP) is 2.12. The van der Waals surface area contributed by atoms with E-state index < -0.39 is 0 Å². The van der Waals surface area contributed by atoms with Crippen molar-refractivity contribution in [2.75, 3.05) is 6.54 Å². The summed E-state index contributed by atoms with van der Waals surface area (Å²) in [4.78, 5) is 0.923. The van der Waals surface area contributed by atoms with Crippen LogP contribution in [0.4, 0.5) is 0 Å². The average molecular weight is 251 g/mol. The van der Waals surface area contributed by atoms with Crippen molar-refractivity contribution in [2.45, 2.75) is 45.1 Å². The van der Waals surface area contributed by atoms with Gasteiger partial charge in [0.2, 0.25) is 4.96 Å². The van der Waals surface area contributed by atoms with Crippen LogP contribution in [-0.2, 0) is 0 Å². The highest BCUT2D eigenvalue weighted by Gasteiger charge is 2.26. The standard InChI is InChI=1S/C11H17N5S/c1-3-12-7(2)10-15-16-9(8-5-4-6-8)13-14-11(16)17-10/h7-8,12H,3-6H2,1-2H3. The predicted molar refractivity (Wildman–Crippen MR) is 67.3 cm³/mol. The van der Waals surface area contributed by atoms with E-state index >= 15 is 0 Å². The lowest BCUT2D eigenvalue weighted by atomic mass is 9.85. The summed E-state index contributed by atoms with van der Waals surface area (Å²) in [7, 11) is 0. The van der Waals surface area contributed by atoms with E-state index in [4.69, 9.17) is 0 Å². The molecule has 2 heterocycles. The first-order valence-corrected chi connectivity index (χ1v) is 7.06. The zero-order chi connectivity index (χ0) is 11.8. The fourth-order valence-electron chi connectivity index (χ4n) is 2.14. The topological polar surface area (TPSA) is 55.1 Å². The lowest BCUT2D eigenvalue weighted by Crippen LogP contribution is -2.18. The molecule has 0 bridgehead atoms. The number of aromatic nitrogens is 4. The highest BCUT2D eigenvalue weighted by molar-refractivity contribution is 7.16. The minimum atomic E-state index is 0.293. The SMILES string of the molecule is CCNC(C)c1nn2c(C3CCC3)nnc2s1. The largest absolute Gasteiger partial charge is 0.308 e. The molecule has 1 N–H and O–H groups in total. The third kappa shape index (κ3) is 1.85. The van der Waals surface area contributed by atoms with Gasteiger partial charge in [-0.3, -0.25) is 0 Å². The molecule has 5 nitrogen and oxygen atoms in total. The minimum absolute atomic E-state index is 0.293. The van der Waals surface area contributed by atoms with Crippen molar-refractivity contribution in [1.82, 2.24) is 25.1 Å². The Labute approximate surface area is 104 Å². The molecule has 1 unspecified atom stereocenters. The third-order valence-electron chi connectivity index (χ3n) is 3.38. The van der Waals surface area contributed by atoms with Gasteiger partial charge in [-0.2, -0.15) is 9.61 Å². The van der Waals surface area contributed by atoms with Crippen molar-refractivity contribution in [3.8, 4) is 0 Å². The Hall–Kier alpha value is -1.01. The smallest absolute Gasteiger partial charge is 0.234 e. The van der Waals surface area contributed by atoms with E-state index in [2.05, 4.69) is 34.5 Å². The second-order valence-electron chi connectivity index (χ2n) is 4.60. The van der Waals surface area contributed by atoms with Crippen molar-refractivity contribution in [3.05, 3.63) is 10.8 Å². The van der Waals surface area contributed by atoms with Gasteiger partial charge in [-0.05, 0) is 26.3 Å². The number of fused-ring (bicyclic) bond motifs is 1. The van der Waals surface area contributed by atoms with E-state index in [0.717, 1.165) is 22.3 Å². The molecule has 0 radical (unpaired) electrons. The molecule has 0 aromatic carbocycles. The van der Waals surface area contributed by atoms with E-state index in [0.29, 0.717) is 12.0 Å². The molecule has 6 heteroatoms. The number of hydrogen-bond donors (Lipinski definition) is 1. The fraction of sp³-hybridized carbons (Fsp3) is 0.727. The van der Waals surface area contributed by atoms with Gasteiger partial charge >= 0.3 is 0 Å². The molecule has 1 aliphatic carbocycles. The molecule has 2 aromatic heterocycles. The maximum absolute atomic E-state index is 4.64. The number of nitrogens with one attached hydrogen (secondary N) is 1. The van der Waals surface area contributed by atoms with Crippen LogP contribution in [0.15, 0.2) is 0 Å². The zero-order valence-electron chi connectivity index (χ0n) is 10.2. The molecular weight excluding hydrogens is 234 g/mol. The first-order valence-electron chi connectivity index (χ1n) is 6.25. The van der Waals surface area contributed by atoms with Crippen molar-refractivity contribution >= 4 is 16.3 Å². The fourth-order valence-corrected chi connectivity index (χ4v) is 3.01. The molecule has 0 amide bonds. The molecule has 0 saturated heterocycles. The van der Waals surface area contributed by atoms with Crippen LogP contribution >= 0.6 is 11.3 Å². The Morgan fingerprint density at radius 1 is 1.47 bits per heavy atom. The molecule has 3 rings (SSSR count). The lowest BCUT2D eigenvalue weighted by molar-refractivity contribution is 0.394. The van der Waals surface area contributed by atoms with E-state index in [9.17, 15) is 0 Å². The molecule has 1 saturated carbocycles. The molecule has 2 aromatic rings. The Balaban J connectivity index is 1.93. The summed E-state index contributed by atoms with van der Waals surface area (Å²) in [6.45, 7) is 5.20. The molecule has 17 heavy (non-hydrogen) atoms. The summed E-state index contributed by atoms with van der Waals surface area (Å²) in [5.74, 6) is 1.63. The van der Waals surface area contributed by atoms with Gasteiger partial charge in [0.15, 0.2) is 5.82 Å². The molecule has 1 atom stereocenters. The van der Waals surface area contributed by atoms with Crippen LogP contribution in [0, 0.1) is 0 Å². The Bertz CT molecular complexity index is 513. The summed E-state index contributed by atoms with van der Waals surface area (Å²) in [5, 5.41) is 17.6. The van der Waals surface area contributed by atoms with Crippen LogP contribution in [0.2, 0.25) is 0 Å². The first-order chi connectivity index (χ1) is 8.29. The zero-order valence-corrected chi connectivity index (χ0v) is 11.0. The van der Waals surface area contributed by atoms with Gasteiger partial charge in [-0.1, -0.05) is 24.7 Å². The second-order valence-corrected chi connectivity index (χ2v) is 5.59. The van der Waals surface area contributed by atoms with Gasteiger partial charge < -0.3 is 5.32 Å². The highest BCUT2D eigenvalue weighted by atomic mass is 32.1. The molecule has 1 fully saturated rings. The summed E-state index contributed by atoms with van der Waals surface area (Å²) in [5.41, 5.74) is 0. The molecule has 0 spiro atoms. The van der Waals surface area contributed by atoms with Gasteiger partial charge in [0, 0.05) is 5.92 Å². The Morgan fingerprint density at radius 3 is 2.94 bits per heavy atom. The van der Waals surface area contributed by atoms with Crippen LogP contribution in [0.25, 0.3) is 4.96 Å². The van der Waals surface area contributed by atoms with Gasteiger partial charge in [0.05, 0.1) is 6.04 Å². The minimum Gasteiger partial charge on any atom is -0.308 e. The van der Waals surface area contributed by atoms with E-state index in [1.807, 2.05) is 4.52 Å². The summed E-state index contributed by atoms with van der Waals surface area (Å²) < 4.78 is 1.94. The van der Waals surface area contributed by atoms with E-state index in [-0.39, 0.29) is 0 Å². The maximum atomic E-state index is 4.64. The van der Waals surface area contributed by atoms with E-state index in [1.54, 1.807) is 11.3 Å². The quantitative estimate of drug-likeness (QED) is 0.904. The van der Waals surface area contributed by atoms with Crippen LogP contribution in [-0.4, -0.2) is 26.4 Å². The number of hydrogen-bond acceptors (Lipinski definition) is 5. The van der Waals surface area contributed by atoms with Crippen LogP contribution in [0.1, 0.15) is 55.9 Å². The third-order valence-corrected chi connectivity index (χ3v) is 4.46. The normalized spacial score (nSPS) is 18.5. The summed E-state index contributed by atoms with van der Waals surface area (Å²) in [6, 6.07) is 0.293. The van der Waals surface area contributed by atoms with Crippen molar-refractivity contribution < 1.29 is 0 Å². The van der Waals surface area contributed by atoms with Crippen molar-refractivity contribution in [3.63, 3.8) is 0 Å². The van der Waals surface area contributed by atoms with Gasteiger partial charge in [-0.15, -0.1) is 10.2 Å². The monoisotopic (exact) mass is 251 g/mol. The lowest BCUT2D eigenvalue weighted by Gasteiger charge is -2.22. The van der Waals surface area contributed by atoms with Gasteiger partial charge in [0.1, 0.15) is 5.01 Å². The highest BCUT2D eigenvalue weighted by Crippen LogP contribution is 2.36. The first kappa shape index (κ1) is 11.1. The van der Waals surface area contributed by atoms with E-state index in [1.165, 1.54) is 19.3 Å². The molecule has 92 valence electrons. The second kappa shape index (κ2) is 4.34. The van der Waals surface area contributed by atoms with Gasteiger partial charge in [0.25, 0.3) is 0 Å². The van der Waals surface area contributed by atoms with Crippen LogP contribution < -0.4 is 5.32 Å². The average Bonchev–Trinajstić information content (AvgIpc) is 2.78. The number of nitrogens with zero attached hydrogens (tertiary/aromatic N) is 4. The Kier molecular flexibility index (Phi) is 2.84. The molecule has 1 aliphatic rings. The Morgan fingerprint density at radius 2 is 2.29 bits per heavy atom. The van der Waals surface area contributed by atoms with Gasteiger partial charge in [-0.25, -0.2) is 0 Å². The van der Waals surface area contributed by atoms with Crippen LogP contribution in [0.5, 0.6) is 0 Å². The summed E-state index contributed by atoms with van der Waals surface area (Å²) >= 11 is 1.63. The molecular formula is C11H17N5S.